The van der Waals surface area contributed by atoms with Gasteiger partial charge in [-0.05, 0) is 40.5 Å². The molecule has 0 atom stereocenters. The molecule has 0 fully saturated rings. The van der Waals surface area contributed by atoms with Gasteiger partial charge >= 0.3 is 0 Å². The summed E-state index contributed by atoms with van der Waals surface area (Å²) in [6, 6.07) is 15.3. The highest BCUT2D eigenvalue weighted by Crippen LogP contribution is 2.26. The first-order chi connectivity index (χ1) is 11.7. The van der Waals surface area contributed by atoms with Crippen molar-refractivity contribution in [2.45, 2.75) is 0 Å². The molecule has 0 bridgehead atoms. The molecule has 0 aliphatic carbocycles. The number of aromatic amines is 1. The third kappa shape index (κ3) is 2.53. The van der Waals surface area contributed by atoms with Crippen LogP contribution < -0.4 is 0 Å². The molecule has 0 saturated carbocycles. The van der Waals surface area contributed by atoms with Crippen LogP contribution in [0.3, 0.4) is 0 Å². The minimum atomic E-state index is 0.171. The molecule has 0 spiro atoms. The summed E-state index contributed by atoms with van der Waals surface area (Å²) in [5, 5.41) is 25.6. The lowest BCUT2D eigenvalue weighted by Gasteiger charge is -2.05. The summed E-state index contributed by atoms with van der Waals surface area (Å²) in [6.07, 6.45) is 1.61. The number of nitrogens with zero attached hydrogens (tertiary/aromatic N) is 3. The highest BCUT2D eigenvalue weighted by molar-refractivity contribution is 7.71. The fourth-order valence-electron chi connectivity index (χ4n) is 2.50. The third-order valence-corrected chi connectivity index (χ3v) is 4.77. The zero-order valence-electron chi connectivity index (χ0n) is 12.4. The van der Waals surface area contributed by atoms with Crippen LogP contribution in [0.2, 0.25) is 0 Å². The van der Waals surface area contributed by atoms with Crippen molar-refractivity contribution < 1.29 is 5.11 Å². The Kier molecular flexibility index (Phi) is 3.72. The molecule has 2 heterocycles. The molecule has 2 aromatic carbocycles. The lowest BCUT2D eigenvalue weighted by Crippen LogP contribution is -1.95. The van der Waals surface area contributed by atoms with Gasteiger partial charge in [-0.25, -0.2) is 5.10 Å². The summed E-state index contributed by atoms with van der Waals surface area (Å²) in [5.74, 6) is 0.816. The molecule has 5 nitrogen and oxygen atoms in total. The molecular weight excluding hydrogens is 340 g/mol. The van der Waals surface area contributed by atoms with E-state index in [4.69, 9.17) is 12.2 Å². The average molecular weight is 352 g/mol. The van der Waals surface area contributed by atoms with Crippen molar-refractivity contribution in [3.63, 3.8) is 0 Å². The van der Waals surface area contributed by atoms with Crippen LogP contribution in [-0.2, 0) is 0 Å². The number of phenols is 1. The Hall–Kier alpha value is -2.77. The number of benzene rings is 2. The maximum atomic E-state index is 10.2. The molecule has 4 rings (SSSR count). The number of phenolic OH excluding ortho intramolecular Hbond substituents is 1. The summed E-state index contributed by atoms with van der Waals surface area (Å²) in [6.45, 7) is 0. The van der Waals surface area contributed by atoms with Crippen LogP contribution in [0.5, 0.6) is 5.75 Å². The molecule has 0 radical (unpaired) electrons. The van der Waals surface area contributed by atoms with Gasteiger partial charge in [0, 0.05) is 5.56 Å². The summed E-state index contributed by atoms with van der Waals surface area (Å²) >= 11 is 6.82. The van der Waals surface area contributed by atoms with E-state index < -0.39 is 0 Å². The van der Waals surface area contributed by atoms with Gasteiger partial charge in [0.25, 0.3) is 0 Å². The summed E-state index contributed by atoms with van der Waals surface area (Å²) < 4.78 is 1.96. The molecular formula is C17H12N4OS2. The minimum absolute atomic E-state index is 0.171. The summed E-state index contributed by atoms with van der Waals surface area (Å²) in [7, 11) is 0. The van der Waals surface area contributed by atoms with Crippen LogP contribution in [0.25, 0.3) is 21.5 Å². The Labute approximate surface area is 146 Å². The number of nitrogens with one attached hydrogen (secondary N) is 1. The van der Waals surface area contributed by atoms with Gasteiger partial charge < -0.3 is 5.11 Å². The normalized spacial score (nSPS) is 11.5. The molecule has 0 unspecified atom stereocenters. The second kappa shape index (κ2) is 6.03. The van der Waals surface area contributed by atoms with E-state index in [1.165, 1.54) is 0 Å². The molecule has 0 aliphatic heterocycles. The van der Waals surface area contributed by atoms with Gasteiger partial charge in [0.05, 0.1) is 11.1 Å². The van der Waals surface area contributed by atoms with E-state index >= 15 is 0 Å². The topological polar surface area (TPSA) is 66.2 Å². The molecule has 0 aliphatic rings. The average Bonchev–Trinajstić information content (AvgIpc) is 3.24. The van der Waals surface area contributed by atoms with Crippen molar-refractivity contribution in [1.29, 1.82) is 0 Å². The van der Waals surface area contributed by atoms with Gasteiger partial charge in [0.2, 0.25) is 4.77 Å². The molecule has 2 aromatic heterocycles. The molecule has 4 aromatic rings. The Bertz CT molecular complexity index is 1090. The Morgan fingerprint density at radius 3 is 2.88 bits per heavy atom. The van der Waals surface area contributed by atoms with E-state index in [-0.39, 0.29) is 5.75 Å². The van der Waals surface area contributed by atoms with Crippen LogP contribution >= 0.6 is 23.6 Å². The summed E-state index contributed by atoms with van der Waals surface area (Å²) in [4.78, 5) is 0.960. The second-order valence-electron chi connectivity index (χ2n) is 5.11. The number of hydrogen-bond donors (Lipinski definition) is 2. The van der Waals surface area contributed by atoms with Crippen LogP contribution in [-0.4, -0.2) is 26.2 Å². The van der Waals surface area contributed by atoms with E-state index in [1.54, 1.807) is 28.3 Å². The van der Waals surface area contributed by atoms with Crippen molar-refractivity contribution in [1.82, 2.24) is 14.9 Å². The van der Waals surface area contributed by atoms with Crippen LogP contribution in [0, 0.1) is 4.77 Å². The zero-order valence-corrected chi connectivity index (χ0v) is 14.0. The van der Waals surface area contributed by atoms with Crippen LogP contribution in [0.4, 0.5) is 0 Å². The standard InChI is InChI=1S/C17H12N4OS2/c22-14-8-7-11-4-1-2-5-12(11)13(14)10-18-21-16(19-20-17(21)23)15-6-3-9-24-15/h1-10,22H,(H,20,23)/b18-10-. The second-order valence-corrected chi connectivity index (χ2v) is 6.44. The largest absolute Gasteiger partial charge is 0.507 e. The van der Waals surface area contributed by atoms with Gasteiger partial charge in [-0.3, -0.25) is 0 Å². The van der Waals surface area contributed by atoms with E-state index in [0.717, 1.165) is 15.6 Å². The number of hydrogen-bond acceptors (Lipinski definition) is 5. The van der Waals surface area contributed by atoms with E-state index in [0.29, 0.717) is 16.2 Å². The number of aromatic hydroxyl groups is 1. The fraction of sp³-hybridized carbons (Fsp3) is 0. The van der Waals surface area contributed by atoms with Crippen molar-refractivity contribution >= 4 is 40.5 Å². The minimum Gasteiger partial charge on any atom is -0.507 e. The first-order valence-corrected chi connectivity index (χ1v) is 8.49. The number of fused-ring (bicyclic) bond motifs is 1. The monoisotopic (exact) mass is 352 g/mol. The molecule has 2 N–H and O–H groups in total. The number of rotatable bonds is 3. The van der Waals surface area contributed by atoms with Gasteiger partial charge in [0.1, 0.15) is 5.75 Å². The molecule has 7 heteroatoms. The lowest BCUT2D eigenvalue weighted by atomic mass is 10.0. The highest BCUT2D eigenvalue weighted by atomic mass is 32.1. The Morgan fingerprint density at radius 2 is 2.04 bits per heavy atom. The Balaban J connectivity index is 1.84. The number of H-pyrrole nitrogens is 1. The van der Waals surface area contributed by atoms with Crippen molar-refractivity contribution in [2.75, 3.05) is 0 Å². The lowest BCUT2D eigenvalue weighted by molar-refractivity contribution is 0.475. The van der Waals surface area contributed by atoms with Crippen molar-refractivity contribution in [3.05, 3.63) is 64.2 Å². The molecule has 0 saturated heterocycles. The number of aromatic nitrogens is 3. The van der Waals surface area contributed by atoms with E-state index in [1.807, 2.05) is 47.8 Å². The van der Waals surface area contributed by atoms with Gasteiger partial charge in [-0.2, -0.15) is 14.9 Å². The Morgan fingerprint density at radius 1 is 1.17 bits per heavy atom. The van der Waals surface area contributed by atoms with Crippen LogP contribution in [0.1, 0.15) is 5.56 Å². The smallest absolute Gasteiger partial charge is 0.216 e. The summed E-state index contributed by atoms with van der Waals surface area (Å²) in [5.41, 5.74) is 0.647. The predicted molar refractivity (Wildman–Crippen MR) is 99.3 cm³/mol. The van der Waals surface area contributed by atoms with Crippen molar-refractivity contribution in [3.8, 4) is 16.5 Å². The fourth-order valence-corrected chi connectivity index (χ4v) is 3.38. The van der Waals surface area contributed by atoms with Gasteiger partial charge in [-0.1, -0.05) is 36.4 Å². The van der Waals surface area contributed by atoms with Gasteiger partial charge in [-0.15, -0.1) is 11.3 Å². The van der Waals surface area contributed by atoms with E-state index in [9.17, 15) is 5.11 Å². The zero-order chi connectivity index (χ0) is 16.5. The van der Waals surface area contributed by atoms with Crippen molar-refractivity contribution in [2.24, 2.45) is 5.10 Å². The molecule has 24 heavy (non-hydrogen) atoms. The highest BCUT2D eigenvalue weighted by Gasteiger charge is 2.10. The predicted octanol–water partition coefficient (Wildman–Crippen LogP) is 4.41. The number of thiophene rings is 1. The molecule has 0 amide bonds. The van der Waals surface area contributed by atoms with Gasteiger partial charge in [0.15, 0.2) is 5.82 Å². The third-order valence-electron chi connectivity index (χ3n) is 3.64. The van der Waals surface area contributed by atoms with Crippen LogP contribution in [0.15, 0.2) is 59.0 Å². The molecule has 118 valence electrons. The van der Waals surface area contributed by atoms with E-state index in [2.05, 4.69) is 15.3 Å². The first kappa shape index (κ1) is 14.8. The maximum absolute atomic E-state index is 10.2. The maximum Gasteiger partial charge on any atom is 0.216 e. The first-order valence-electron chi connectivity index (χ1n) is 7.20. The quantitative estimate of drug-likeness (QED) is 0.424. The SMILES string of the molecule is Oc1ccc2ccccc2c1/C=N\n1c(-c2cccs2)n[nH]c1=S.